The van der Waals surface area contributed by atoms with Crippen LogP contribution in [0.4, 0.5) is 0 Å². The first-order chi connectivity index (χ1) is 13.5. The van der Waals surface area contributed by atoms with Gasteiger partial charge in [-0.1, -0.05) is 54.2 Å². The van der Waals surface area contributed by atoms with Gasteiger partial charge in [0.05, 0.1) is 24.4 Å². The van der Waals surface area contributed by atoms with Crippen LogP contribution >= 0.6 is 11.8 Å². The van der Waals surface area contributed by atoms with Crippen LogP contribution < -0.4 is 11.3 Å². The molecule has 144 valence electrons. The van der Waals surface area contributed by atoms with Gasteiger partial charge in [-0.2, -0.15) is 0 Å². The lowest BCUT2D eigenvalue weighted by Gasteiger charge is -2.17. The summed E-state index contributed by atoms with van der Waals surface area (Å²) in [5.41, 5.74) is 6.55. The van der Waals surface area contributed by atoms with Crippen molar-refractivity contribution in [1.29, 1.82) is 0 Å². The summed E-state index contributed by atoms with van der Waals surface area (Å²) < 4.78 is 6.06. The topological polar surface area (TPSA) is 104 Å². The first kappa shape index (κ1) is 19.6. The maximum absolute atomic E-state index is 13.0. The highest BCUT2D eigenvalue weighted by molar-refractivity contribution is 8.00. The van der Waals surface area contributed by atoms with Crippen LogP contribution in [0, 0.1) is 0 Å². The number of primary amides is 1. The Morgan fingerprint density at radius 1 is 1.14 bits per heavy atom. The molecule has 1 amide bonds. The highest BCUT2D eigenvalue weighted by Gasteiger charge is 2.23. The fraction of sp³-hybridized carbons (Fsp3) is 0.200. The van der Waals surface area contributed by atoms with Gasteiger partial charge in [0.25, 0.3) is 5.56 Å². The Bertz CT molecular complexity index is 1070. The summed E-state index contributed by atoms with van der Waals surface area (Å²) in [6, 6.07) is 16.0. The summed E-state index contributed by atoms with van der Waals surface area (Å²) in [5.74, 6) is -0.983. The van der Waals surface area contributed by atoms with Crippen LogP contribution in [0.5, 0.6) is 0 Å². The fourth-order valence-corrected chi connectivity index (χ4v) is 3.84. The number of hydrogen-bond donors (Lipinski definition) is 1. The van der Waals surface area contributed by atoms with E-state index in [1.54, 1.807) is 36.4 Å². The number of esters is 1. The molecule has 0 unspecified atom stereocenters. The summed E-state index contributed by atoms with van der Waals surface area (Å²) in [6.45, 7) is 0.0892. The fourth-order valence-electron chi connectivity index (χ4n) is 2.76. The number of methoxy groups -OCH3 is 1. The molecule has 1 atom stereocenters. The Hall–Kier alpha value is -3.13. The molecule has 3 rings (SSSR count). The van der Waals surface area contributed by atoms with Crippen molar-refractivity contribution in [2.24, 2.45) is 5.73 Å². The molecular weight excluding hydrogens is 378 g/mol. The molecule has 8 heteroatoms. The van der Waals surface area contributed by atoms with Crippen LogP contribution in [0.25, 0.3) is 10.9 Å². The Balaban J connectivity index is 2.08. The number of nitrogens with zero attached hydrogens (tertiary/aromatic N) is 2. The minimum atomic E-state index is -0.723. The Morgan fingerprint density at radius 2 is 1.82 bits per heavy atom. The van der Waals surface area contributed by atoms with E-state index in [0.29, 0.717) is 21.6 Å². The second kappa shape index (κ2) is 8.71. The molecule has 1 aromatic heterocycles. The molecule has 0 aliphatic rings. The van der Waals surface area contributed by atoms with Crippen LogP contribution in [0.3, 0.4) is 0 Å². The monoisotopic (exact) mass is 397 g/mol. The highest BCUT2D eigenvalue weighted by Crippen LogP contribution is 2.34. The second-order valence-corrected chi connectivity index (χ2v) is 7.08. The summed E-state index contributed by atoms with van der Waals surface area (Å²) in [6.07, 6.45) is 0.0105. The number of nitrogens with two attached hydrogens (primary N) is 1. The van der Waals surface area contributed by atoms with Crippen molar-refractivity contribution in [1.82, 2.24) is 9.55 Å². The number of rotatable bonds is 7. The molecule has 0 aliphatic carbocycles. The van der Waals surface area contributed by atoms with E-state index in [0.717, 1.165) is 11.8 Å². The smallest absolute Gasteiger partial charge is 0.307 e. The van der Waals surface area contributed by atoms with Crippen LogP contribution in [0.15, 0.2) is 64.5 Å². The van der Waals surface area contributed by atoms with E-state index in [9.17, 15) is 14.4 Å². The molecule has 3 aromatic rings. The number of ether oxygens (including phenoxy) is 1. The van der Waals surface area contributed by atoms with Crippen LogP contribution in [-0.4, -0.2) is 28.5 Å². The number of benzene rings is 2. The van der Waals surface area contributed by atoms with Crippen molar-refractivity contribution in [3.63, 3.8) is 0 Å². The summed E-state index contributed by atoms with van der Waals surface area (Å²) in [4.78, 5) is 41.2. The number of carbonyl (C=O) groups is 2. The lowest BCUT2D eigenvalue weighted by atomic mass is 10.1. The molecule has 0 radical (unpaired) electrons. The van der Waals surface area contributed by atoms with Crippen LogP contribution in [-0.2, 0) is 20.9 Å². The van der Waals surface area contributed by atoms with Crippen molar-refractivity contribution in [3.8, 4) is 0 Å². The van der Waals surface area contributed by atoms with Gasteiger partial charge < -0.3 is 10.5 Å². The average Bonchev–Trinajstić information content (AvgIpc) is 2.71. The van der Waals surface area contributed by atoms with Crippen molar-refractivity contribution in [3.05, 3.63) is 70.5 Å². The minimum Gasteiger partial charge on any atom is -0.469 e. The number of hydrogen-bond acceptors (Lipinski definition) is 6. The lowest BCUT2D eigenvalue weighted by Crippen LogP contribution is -2.26. The SMILES string of the molecule is COC(=O)CCn1c(S[C@H](C(N)=O)c2ccccc2)nc2ccccc2c1=O. The van der Waals surface area contributed by atoms with E-state index in [1.165, 1.54) is 11.7 Å². The number of carbonyl (C=O) groups excluding carboxylic acids is 2. The third-order valence-corrected chi connectivity index (χ3v) is 5.44. The summed E-state index contributed by atoms with van der Waals surface area (Å²) in [5, 5.41) is 0.0333. The van der Waals surface area contributed by atoms with Gasteiger partial charge in [0.1, 0.15) is 5.25 Å². The zero-order chi connectivity index (χ0) is 20.1. The van der Waals surface area contributed by atoms with Gasteiger partial charge in [0, 0.05) is 6.54 Å². The molecule has 0 fully saturated rings. The van der Waals surface area contributed by atoms with Gasteiger partial charge in [0.2, 0.25) is 5.91 Å². The molecule has 1 heterocycles. The maximum Gasteiger partial charge on any atom is 0.307 e. The highest BCUT2D eigenvalue weighted by atomic mass is 32.2. The quantitative estimate of drug-likeness (QED) is 0.373. The molecule has 28 heavy (non-hydrogen) atoms. The molecule has 2 aromatic carbocycles. The number of thioether (sulfide) groups is 1. The minimum absolute atomic E-state index is 0.0105. The van der Waals surface area contributed by atoms with E-state index >= 15 is 0 Å². The van der Waals surface area contributed by atoms with Gasteiger partial charge in [-0.25, -0.2) is 4.98 Å². The molecule has 0 saturated heterocycles. The largest absolute Gasteiger partial charge is 0.469 e. The Morgan fingerprint density at radius 3 is 2.50 bits per heavy atom. The Kier molecular flexibility index (Phi) is 6.10. The zero-order valence-corrected chi connectivity index (χ0v) is 16.0. The normalized spacial score (nSPS) is 11.9. The van der Waals surface area contributed by atoms with Gasteiger partial charge >= 0.3 is 5.97 Å². The standard InChI is InChI=1S/C20H19N3O4S/c1-27-16(24)11-12-23-19(26)14-9-5-6-10-15(14)22-20(23)28-17(18(21)25)13-7-3-2-4-8-13/h2-10,17H,11-12H2,1H3,(H2,21,25)/t17-/m0/s1. The van der Waals surface area contributed by atoms with Gasteiger partial charge in [-0.15, -0.1) is 0 Å². The number of fused-ring (bicyclic) bond motifs is 1. The van der Waals surface area contributed by atoms with E-state index in [-0.39, 0.29) is 18.5 Å². The number of para-hydroxylation sites is 1. The second-order valence-electron chi connectivity index (χ2n) is 6.01. The first-order valence-electron chi connectivity index (χ1n) is 8.58. The van der Waals surface area contributed by atoms with Crippen molar-refractivity contribution in [2.45, 2.75) is 23.4 Å². The molecule has 7 nitrogen and oxygen atoms in total. The molecule has 2 N–H and O–H groups in total. The first-order valence-corrected chi connectivity index (χ1v) is 9.46. The Labute approximate surface area is 165 Å². The molecule has 0 aliphatic heterocycles. The molecule has 0 spiro atoms. The molecule has 0 saturated carbocycles. The van der Waals surface area contributed by atoms with Crippen molar-refractivity contribution in [2.75, 3.05) is 7.11 Å². The number of aromatic nitrogens is 2. The molecular formula is C20H19N3O4S. The van der Waals surface area contributed by atoms with Crippen LogP contribution in [0.1, 0.15) is 17.2 Å². The van der Waals surface area contributed by atoms with Crippen molar-refractivity contribution < 1.29 is 14.3 Å². The maximum atomic E-state index is 13.0. The average molecular weight is 397 g/mol. The van der Waals surface area contributed by atoms with Gasteiger partial charge in [0.15, 0.2) is 5.16 Å². The van der Waals surface area contributed by atoms with Gasteiger partial charge in [-0.05, 0) is 17.7 Å². The summed E-state index contributed by atoms with van der Waals surface area (Å²) >= 11 is 1.09. The summed E-state index contributed by atoms with van der Waals surface area (Å²) in [7, 11) is 1.29. The third-order valence-electron chi connectivity index (χ3n) is 4.18. The van der Waals surface area contributed by atoms with Crippen LogP contribution in [0.2, 0.25) is 0 Å². The van der Waals surface area contributed by atoms with E-state index in [4.69, 9.17) is 5.73 Å². The zero-order valence-electron chi connectivity index (χ0n) is 15.2. The predicted octanol–water partition coefficient (Wildman–Crippen LogP) is 2.28. The van der Waals surface area contributed by atoms with E-state index in [2.05, 4.69) is 9.72 Å². The predicted molar refractivity (Wildman–Crippen MR) is 107 cm³/mol. The van der Waals surface area contributed by atoms with E-state index < -0.39 is 17.1 Å². The third kappa shape index (κ3) is 4.23. The van der Waals surface area contributed by atoms with E-state index in [1.807, 2.05) is 18.2 Å². The lowest BCUT2D eigenvalue weighted by molar-refractivity contribution is -0.140. The van der Waals surface area contributed by atoms with Crippen molar-refractivity contribution >= 4 is 34.5 Å². The molecule has 0 bridgehead atoms. The van der Waals surface area contributed by atoms with Gasteiger partial charge in [-0.3, -0.25) is 19.0 Å². The number of amides is 1.